The zero-order chi connectivity index (χ0) is 18.7. The van der Waals surface area contributed by atoms with Crippen molar-refractivity contribution in [3.05, 3.63) is 35.9 Å². The first kappa shape index (κ1) is 22.3. The molecule has 0 bridgehead atoms. The van der Waals surface area contributed by atoms with Crippen LogP contribution < -0.4 is 5.32 Å². The van der Waals surface area contributed by atoms with Crippen molar-refractivity contribution in [2.45, 2.75) is 6.61 Å². The number of carbonyl (C=O) groups excluding carboxylic acids is 1. The van der Waals surface area contributed by atoms with Crippen LogP contribution in [0, 0.1) is 0 Å². The van der Waals surface area contributed by atoms with Crippen LogP contribution in [-0.4, -0.2) is 72.2 Å². The van der Waals surface area contributed by atoms with Crippen molar-refractivity contribution in [3.63, 3.8) is 0 Å². The Morgan fingerprint density at radius 3 is 1.92 bits per heavy atom. The van der Waals surface area contributed by atoms with Crippen molar-refractivity contribution >= 4 is 6.09 Å². The monoisotopic (exact) mass is 373 g/mol. The number of alkyl halides is 1. The summed E-state index contributed by atoms with van der Waals surface area (Å²) in [4.78, 5) is 11.5. The van der Waals surface area contributed by atoms with Crippen LogP contribution in [0.15, 0.2) is 30.3 Å². The van der Waals surface area contributed by atoms with Gasteiger partial charge < -0.3 is 29.0 Å². The van der Waals surface area contributed by atoms with E-state index in [9.17, 15) is 9.18 Å². The number of amides is 1. The van der Waals surface area contributed by atoms with Gasteiger partial charge in [0.1, 0.15) is 13.3 Å². The van der Waals surface area contributed by atoms with E-state index in [1.807, 2.05) is 30.3 Å². The Hall–Kier alpha value is -1.74. The summed E-state index contributed by atoms with van der Waals surface area (Å²) in [5, 5.41) is 2.61. The van der Waals surface area contributed by atoms with E-state index in [-0.39, 0.29) is 13.2 Å². The molecule has 0 saturated heterocycles. The summed E-state index contributed by atoms with van der Waals surface area (Å²) in [5.41, 5.74) is 0.937. The lowest BCUT2D eigenvalue weighted by Crippen LogP contribution is -2.28. The third kappa shape index (κ3) is 13.5. The summed E-state index contributed by atoms with van der Waals surface area (Å²) in [6.45, 7) is 3.21. The maximum atomic E-state index is 11.7. The molecule has 8 heteroatoms. The molecule has 0 unspecified atom stereocenters. The average Bonchev–Trinajstić information content (AvgIpc) is 2.67. The van der Waals surface area contributed by atoms with E-state index < -0.39 is 12.8 Å². The molecule has 0 aliphatic rings. The number of alkyl carbamates (subject to hydrolysis) is 1. The molecule has 1 N–H and O–H groups in total. The summed E-state index contributed by atoms with van der Waals surface area (Å²) >= 11 is 0. The lowest BCUT2D eigenvalue weighted by atomic mass is 10.2. The molecule has 0 saturated carbocycles. The van der Waals surface area contributed by atoms with Gasteiger partial charge in [0.25, 0.3) is 0 Å². The quantitative estimate of drug-likeness (QED) is 0.447. The largest absolute Gasteiger partial charge is 0.445 e. The first-order chi connectivity index (χ1) is 12.8. The molecule has 1 aromatic carbocycles. The van der Waals surface area contributed by atoms with Gasteiger partial charge >= 0.3 is 6.09 Å². The van der Waals surface area contributed by atoms with E-state index in [0.29, 0.717) is 52.8 Å². The van der Waals surface area contributed by atoms with Gasteiger partial charge in [0, 0.05) is 6.54 Å². The fourth-order valence-electron chi connectivity index (χ4n) is 1.82. The van der Waals surface area contributed by atoms with E-state index in [1.165, 1.54) is 0 Å². The first-order valence-corrected chi connectivity index (χ1v) is 8.64. The second-order valence-corrected chi connectivity index (χ2v) is 5.13. The van der Waals surface area contributed by atoms with E-state index in [0.717, 1.165) is 5.56 Å². The molecule has 0 spiro atoms. The Balaban J connectivity index is 1.78. The highest BCUT2D eigenvalue weighted by atomic mass is 19.1. The second kappa shape index (κ2) is 16.7. The van der Waals surface area contributed by atoms with Crippen LogP contribution in [-0.2, 0) is 30.3 Å². The topological polar surface area (TPSA) is 75.3 Å². The molecule has 1 amide bonds. The second-order valence-electron chi connectivity index (χ2n) is 5.13. The van der Waals surface area contributed by atoms with Gasteiger partial charge in [0.2, 0.25) is 0 Å². The average molecular weight is 373 g/mol. The van der Waals surface area contributed by atoms with E-state index >= 15 is 0 Å². The third-order valence-corrected chi connectivity index (χ3v) is 3.07. The molecule has 1 aromatic rings. The molecule has 0 radical (unpaired) electrons. The normalized spacial score (nSPS) is 10.7. The third-order valence-electron chi connectivity index (χ3n) is 3.07. The predicted molar refractivity (Wildman–Crippen MR) is 93.9 cm³/mol. The molecule has 0 fully saturated rings. The number of carbonyl (C=O) groups is 1. The smallest absolute Gasteiger partial charge is 0.407 e. The zero-order valence-electron chi connectivity index (χ0n) is 15.0. The lowest BCUT2D eigenvalue weighted by molar-refractivity contribution is -0.00264. The predicted octanol–water partition coefficient (Wildman–Crippen LogP) is 1.95. The Labute approximate surface area is 153 Å². The van der Waals surface area contributed by atoms with Gasteiger partial charge in [-0.15, -0.1) is 0 Å². The summed E-state index contributed by atoms with van der Waals surface area (Å²) in [6, 6.07) is 9.47. The van der Waals surface area contributed by atoms with Crippen LogP contribution in [0.25, 0.3) is 0 Å². The van der Waals surface area contributed by atoms with Crippen LogP contribution in [0.1, 0.15) is 5.56 Å². The molecule has 0 aliphatic heterocycles. The van der Waals surface area contributed by atoms with Crippen molar-refractivity contribution in [2.24, 2.45) is 0 Å². The molecule has 0 aliphatic carbocycles. The van der Waals surface area contributed by atoms with Crippen molar-refractivity contribution in [1.29, 1.82) is 0 Å². The van der Waals surface area contributed by atoms with Crippen molar-refractivity contribution in [1.82, 2.24) is 5.32 Å². The Morgan fingerprint density at radius 2 is 1.35 bits per heavy atom. The molecular weight excluding hydrogens is 345 g/mol. The van der Waals surface area contributed by atoms with Gasteiger partial charge in [0.05, 0.1) is 52.9 Å². The maximum absolute atomic E-state index is 11.7. The van der Waals surface area contributed by atoms with E-state index in [2.05, 4.69) is 5.32 Å². The molecule has 148 valence electrons. The molecule has 0 aromatic heterocycles. The summed E-state index contributed by atoms with van der Waals surface area (Å²) in [5.74, 6) is 0. The number of halogens is 1. The van der Waals surface area contributed by atoms with E-state index in [1.54, 1.807) is 0 Å². The number of hydrogen-bond donors (Lipinski definition) is 1. The first-order valence-electron chi connectivity index (χ1n) is 8.64. The van der Waals surface area contributed by atoms with Gasteiger partial charge in [-0.1, -0.05) is 30.3 Å². The standard InChI is InChI=1S/C18H28FNO6/c19-6-8-22-10-12-24-14-15-25-13-11-23-9-7-20-18(21)26-16-17-4-2-1-3-5-17/h1-5H,6-16H2,(H,20,21). The number of hydrogen-bond acceptors (Lipinski definition) is 6. The van der Waals surface area contributed by atoms with Crippen LogP contribution in [0.5, 0.6) is 0 Å². The molecule has 26 heavy (non-hydrogen) atoms. The minimum Gasteiger partial charge on any atom is -0.445 e. The zero-order valence-corrected chi connectivity index (χ0v) is 15.0. The van der Waals surface area contributed by atoms with Gasteiger partial charge in [-0.3, -0.25) is 0 Å². The summed E-state index contributed by atoms with van der Waals surface area (Å²) < 4.78 is 37.6. The molecule has 1 rings (SSSR count). The Bertz CT molecular complexity index is 449. The number of rotatable bonds is 16. The molecule has 7 nitrogen and oxygen atoms in total. The fraction of sp³-hybridized carbons (Fsp3) is 0.611. The van der Waals surface area contributed by atoms with Crippen molar-refractivity contribution in [3.8, 4) is 0 Å². The highest BCUT2D eigenvalue weighted by Gasteiger charge is 2.01. The van der Waals surface area contributed by atoms with Gasteiger partial charge in [-0.25, -0.2) is 9.18 Å². The highest BCUT2D eigenvalue weighted by Crippen LogP contribution is 2.00. The van der Waals surface area contributed by atoms with Crippen LogP contribution >= 0.6 is 0 Å². The summed E-state index contributed by atoms with van der Waals surface area (Å²) in [7, 11) is 0. The van der Waals surface area contributed by atoms with Crippen LogP contribution in [0.2, 0.25) is 0 Å². The summed E-state index contributed by atoms with van der Waals surface area (Å²) in [6.07, 6.45) is -0.471. The SMILES string of the molecule is O=C(NCCOCCOCCOCCOCCF)OCc1ccccc1. The Kier molecular flexibility index (Phi) is 14.3. The van der Waals surface area contributed by atoms with Gasteiger partial charge in [-0.2, -0.15) is 0 Å². The molecular formula is C18H28FNO6. The van der Waals surface area contributed by atoms with Crippen molar-refractivity contribution < 1.29 is 32.9 Å². The van der Waals surface area contributed by atoms with E-state index in [4.69, 9.17) is 23.7 Å². The fourth-order valence-corrected chi connectivity index (χ4v) is 1.82. The minimum absolute atomic E-state index is 0.108. The number of benzene rings is 1. The van der Waals surface area contributed by atoms with Crippen molar-refractivity contribution in [2.75, 3.05) is 66.1 Å². The number of nitrogens with one attached hydrogen (secondary N) is 1. The maximum Gasteiger partial charge on any atom is 0.407 e. The molecule has 0 atom stereocenters. The van der Waals surface area contributed by atoms with Gasteiger partial charge in [0.15, 0.2) is 0 Å². The highest BCUT2D eigenvalue weighted by molar-refractivity contribution is 5.67. The minimum atomic E-state index is -0.479. The lowest BCUT2D eigenvalue weighted by Gasteiger charge is -2.08. The van der Waals surface area contributed by atoms with Crippen LogP contribution in [0.3, 0.4) is 0 Å². The Morgan fingerprint density at radius 1 is 0.808 bits per heavy atom. The van der Waals surface area contributed by atoms with Crippen LogP contribution in [0.4, 0.5) is 9.18 Å². The van der Waals surface area contributed by atoms with Gasteiger partial charge in [-0.05, 0) is 5.56 Å². The molecule has 0 heterocycles. The number of ether oxygens (including phenoxy) is 5.